The fourth-order valence-corrected chi connectivity index (χ4v) is 1.56. The molecule has 15 heavy (non-hydrogen) atoms. The molecule has 82 valence electrons. The molecule has 0 fully saturated rings. The van der Waals surface area contributed by atoms with Crippen LogP contribution in [0.4, 0.5) is 0 Å². The van der Waals surface area contributed by atoms with Crippen molar-refractivity contribution >= 4 is 0 Å². The molecule has 1 unspecified atom stereocenters. The summed E-state index contributed by atoms with van der Waals surface area (Å²) >= 11 is 0. The van der Waals surface area contributed by atoms with Crippen molar-refractivity contribution in [1.82, 2.24) is 0 Å². The van der Waals surface area contributed by atoms with E-state index in [9.17, 15) is 0 Å². The van der Waals surface area contributed by atoms with E-state index in [1.54, 1.807) is 7.11 Å². The minimum Gasteiger partial charge on any atom is -0.496 e. The lowest BCUT2D eigenvalue weighted by molar-refractivity contribution is 0.408. The average Bonchev–Trinajstić information content (AvgIpc) is 2.16. The molecule has 1 atom stereocenters. The number of hydrogen-bond donors (Lipinski definition) is 1. The highest BCUT2D eigenvalue weighted by atomic mass is 16.5. The molecule has 2 N–H and O–H groups in total. The van der Waals surface area contributed by atoms with Crippen LogP contribution < -0.4 is 10.5 Å². The van der Waals surface area contributed by atoms with Gasteiger partial charge in [0.2, 0.25) is 0 Å². The van der Waals surface area contributed by atoms with Crippen LogP contribution in [0.1, 0.15) is 31.0 Å². The molecule has 0 saturated heterocycles. The molecule has 0 saturated carbocycles. The van der Waals surface area contributed by atoms with Crippen LogP contribution in [0.3, 0.4) is 0 Å². The first-order valence-electron chi connectivity index (χ1n) is 5.09. The highest BCUT2D eigenvalue weighted by Crippen LogP contribution is 2.26. The number of methoxy groups -OCH3 is 1. The van der Waals surface area contributed by atoms with Crippen LogP contribution in [0, 0.1) is 6.92 Å². The zero-order chi connectivity index (χ0) is 11.4. The molecular formula is C13H19NO. The van der Waals surface area contributed by atoms with Crippen LogP contribution in [0.15, 0.2) is 29.8 Å². The largest absolute Gasteiger partial charge is 0.496 e. The van der Waals surface area contributed by atoms with E-state index in [0.29, 0.717) is 0 Å². The van der Waals surface area contributed by atoms with Crippen LogP contribution in [-0.2, 0) is 0 Å². The molecule has 1 rings (SSSR count). The zero-order valence-corrected chi connectivity index (χ0v) is 9.87. The Balaban J connectivity index is 3.11. The highest BCUT2D eigenvalue weighted by molar-refractivity contribution is 5.40. The Hall–Kier alpha value is -1.28. The maximum atomic E-state index is 6.08. The van der Waals surface area contributed by atoms with Gasteiger partial charge in [0.15, 0.2) is 0 Å². The Morgan fingerprint density at radius 3 is 2.60 bits per heavy atom. The molecule has 1 aromatic carbocycles. The average molecular weight is 205 g/mol. The smallest absolute Gasteiger partial charge is 0.123 e. The van der Waals surface area contributed by atoms with Gasteiger partial charge in [0.25, 0.3) is 0 Å². The summed E-state index contributed by atoms with van der Waals surface area (Å²) in [6.07, 6.45) is 2.04. The summed E-state index contributed by atoms with van der Waals surface area (Å²) in [4.78, 5) is 0. The number of rotatable bonds is 3. The predicted molar refractivity (Wildman–Crippen MR) is 64.1 cm³/mol. The molecule has 1 aromatic rings. The molecule has 0 aromatic heterocycles. The van der Waals surface area contributed by atoms with Gasteiger partial charge in [-0.15, -0.1) is 0 Å². The first-order chi connectivity index (χ1) is 7.04. The zero-order valence-electron chi connectivity index (χ0n) is 9.87. The van der Waals surface area contributed by atoms with Gasteiger partial charge in [-0.1, -0.05) is 29.3 Å². The maximum Gasteiger partial charge on any atom is 0.123 e. The van der Waals surface area contributed by atoms with Crippen molar-refractivity contribution in [3.63, 3.8) is 0 Å². The lowest BCUT2D eigenvalue weighted by Gasteiger charge is -2.13. The lowest BCUT2D eigenvalue weighted by Crippen LogP contribution is -2.09. The molecular weight excluding hydrogens is 186 g/mol. The second kappa shape index (κ2) is 4.99. The number of ether oxygens (including phenoxy) is 1. The lowest BCUT2D eigenvalue weighted by atomic mass is 10.0. The third-order valence-corrected chi connectivity index (χ3v) is 2.26. The number of hydrogen-bond acceptors (Lipinski definition) is 2. The van der Waals surface area contributed by atoms with Crippen molar-refractivity contribution in [1.29, 1.82) is 0 Å². The van der Waals surface area contributed by atoms with Gasteiger partial charge in [0.1, 0.15) is 5.75 Å². The van der Waals surface area contributed by atoms with Crippen molar-refractivity contribution < 1.29 is 4.74 Å². The summed E-state index contributed by atoms with van der Waals surface area (Å²) in [5.41, 5.74) is 9.54. The SMILES string of the molecule is COc1ccc(C)cc1C(N)C=C(C)C. The van der Waals surface area contributed by atoms with E-state index in [1.807, 2.05) is 32.1 Å². The van der Waals surface area contributed by atoms with Crippen molar-refractivity contribution in [2.24, 2.45) is 5.73 Å². The van der Waals surface area contributed by atoms with Crippen molar-refractivity contribution in [3.8, 4) is 5.75 Å². The monoisotopic (exact) mass is 205 g/mol. The second-order valence-corrected chi connectivity index (χ2v) is 4.02. The fourth-order valence-electron chi connectivity index (χ4n) is 1.56. The molecule has 0 bridgehead atoms. The van der Waals surface area contributed by atoms with Gasteiger partial charge in [-0.2, -0.15) is 0 Å². The Kier molecular flexibility index (Phi) is 3.92. The van der Waals surface area contributed by atoms with Crippen LogP contribution in [-0.4, -0.2) is 7.11 Å². The normalized spacial score (nSPS) is 12.1. The van der Waals surface area contributed by atoms with Gasteiger partial charge < -0.3 is 10.5 Å². The molecule has 2 heteroatoms. The molecule has 0 aliphatic carbocycles. The van der Waals surface area contributed by atoms with E-state index in [4.69, 9.17) is 10.5 Å². The molecule has 2 nitrogen and oxygen atoms in total. The fraction of sp³-hybridized carbons (Fsp3) is 0.385. The van der Waals surface area contributed by atoms with Gasteiger partial charge in [-0.05, 0) is 26.8 Å². The quantitative estimate of drug-likeness (QED) is 0.770. The minimum absolute atomic E-state index is 0.0927. The summed E-state index contributed by atoms with van der Waals surface area (Å²) in [6, 6.07) is 5.97. The van der Waals surface area contributed by atoms with Crippen LogP contribution >= 0.6 is 0 Å². The number of allylic oxidation sites excluding steroid dienone is 1. The Bertz CT molecular complexity index is 365. The minimum atomic E-state index is -0.0927. The predicted octanol–water partition coefficient (Wildman–Crippen LogP) is 2.97. The van der Waals surface area contributed by atoms with E-state index < -0.39 is 0 Å². The third-order valence-electron chi connectivity index (χ3n) is 2.26. The number of benzene rings is 1. The van der Waals surface area contributed by atoms with E-state index in [2.05, 4.69) is 13.0 Å². The topological polar surface area (TPSA) is 35.2 Å². The van der Waals surface area contributed by atoms with Crippen molar-refractivity contribution in [2.45, 2.75) is 26.8 Å². The molecule has 0 aliphatic rings. The summed E-state index contributed by atoms with van der Waals surface area (Å²) in [5, 5.41) is 0. The molecule has 0 amide bonds. The van der Waals surface area contributed by atoms with E-state index >= 15 is 0 Å². The van der Waals surface area contributed by atoms with Crippen LogP contribution in [0.5, 0.6) is 5.75 Å². The first-order valence-corrected chi connectivity index (χ1v) is 5.09. The Morgan fingerprint density at radius 1 is 1.40 bits per heavy atom. The standard InChI is InChI=1S/C13H19NO/c1-9(2)7-12(14)11-8-10(3)5-6-13(11)15-4/h5-8,12H,14H2,1-4H3. The highest BCUT2D eigenvalue weighted by Gasteiger charge is 2.09. The Morgan fingerprint density at radius 2 is 2.07 bits per heavy atom. The van der Waals surface area contributed by atoms with E-state index in [0.717, 1.165) is 11.3 Å². The van der Waals surface area contributed by atoms with E-state index in [1.165, 1.54) is 11.1 Å². The molecule has 0 radical (unpaired) electrons. The number of aryl methyl sites for hydroxylation is 1. The number of nitrogens with two attached hydrogens (primary N) is 1. The first kappa shape index (κ1) is 11.8. The third kappa shape index (κ3) is 3.10. The molecule has 0 heterocycles. The summed E-state index contributed by atoms with van der Waals surface area (Å²) in [5.74, 6) is 0.852. The van der Waals surface area contributed by atoms with Crippen LogP contribution in [0.2, 0.25) is 0 Å². The summed E-state index contributed by atoms with van der Waals surface area (Å²) in [6.45, 7) is 6.14. The van der Waals surface area contributed by atoms with Gasteiger partial charge >= 0.3 is 0 Å². The van der Waals surface area contributed by atoms with Gasteiger partial charge in [-0.3, -0.25) is 0 Å². The molecule has 0 spiro atoms. The second-order valence-electron chi connectivity index (χ2n) is 4.02. The summed E-state index contributed by atoms with van der Waals surface area (Å²) < 4.78 is 5.29. The molecule has 0 aliphatic heterocycles. The van der Waals surface area contributed by atoms with Crippen LogP contribution in [0.25, 0.3) is 0 Å². The van der Waals surface area contributed by atoms with Crippen molar-refractivity contribution in [3.05, 3.63) is 41.0 Å². The van der Waals surface area contributed by atoms with E-state index in [-0.39, 0.29) is 6.04 Å². The van der Waals surface area contributed by atoms with Crippen molar-refractivity contribution in [2.75, 3.05) is 7.11 Å². The summed E-state index contributed by atoms with van der Waals surface area (Å²) in [7, 11) is 1.67. The van der Waals surface area contributed by atoms with Gasteiger partial charge in [-0.25, -0.2) is 0 Å². The van der Waals surface area contributed by atoms with Gasteiger partial charge in [0, 0.05) is 5.56 Å². The Labute approximate surface area is 91.7 Å². The van der Waals surface area contributed by atoms with Gasteiger partial charge in [0.05, 0.1) is 13.2 Å². The maximum absolute atomic E-state index is 6.08.